The highest BCUT2D eigenvalue weighted by molar-refractivity contribution is 8.03. The fourth-order valence-corrected chi connectivity index (χ4v) is 6.52. The molecule has 0 aliphatic carbocycles. The molecule has 0 spiro atoms. The third-order valence-electron chi connectivity index (χ3n) is 5.66. The molecule has 0 atom stereocenters. The van der Waals surface area contributed by atoms with Crippen LogP contribution in [0.15, 0.2) is 52.4 Å². The van der Waals surface area contributed by atoms with E-state index in [9.17, 15) is 9.90 Å². The summed E-state index contributed by atoms with van der Waals surface area (Å²) >= 11 is 4.45. The zero-order chi connectivity index (χ0) is 25.7. The lowest BCUT2D eigenvalue weighted by atomic mass is 10.2. The molecular weight excluding hydrogens is 546 g/mol. The van der Waals surface area contributed by atoms with Crippen molar-refractivity contribution in [3.63, 3.8) is 0 Å². The molecule has 37 heavy (non-hydrogen) atoms. The highest BCUT2D eigenvalue weighted by Gasteiger charge is 2.30. The van der Waals surface area contributed by atoms with Crippen LogP contribution in [0.2, 0.25) is 0 Å². The lowest BCUT2D eigenvalue weighted by Crippen LogP contribution is -2.28. The fraction of sp³-hybridized carbons (Fsp3) is 0.346. The average molecular weight is 576 g/mol. The first kappa shape index (κ1) is 29.0. The highest BCUT2D eigenvalue weighted by atomic mass is 35.5. The number of hydrogen-bond acceptors (Lipinski definition) is 9. The Kier molecular flexibility index (Phi) is 10.1. The van der Waals surface area contributed by atoms with E-state index in [1.807, 2.05) is 36.0 Å². The molecule has 3 heterocycles. The van der Waals surface area contributed by atoms with Crippen LogP contribution in [0.25, 0.3) is 10.6 Å². The van der Waals surface area contributed by atoms with Crippen LogP contribution in [0.4, 0.5) is 5.95 Å². The van der Waals surface area contributed by atoms with E-state index in [0.29, 0.717) is 25.5 Å². The second-order valence-corrected chi connectivity index (χ2v) is 12.8. The Labute approximate surface area is 235 Å². The Balaban J connectivity index is 0.00000380. The lowest BCUT2D eigenvalue weighted by Gasteiger charge is -2.22. The van der Waals surface area contributed by atoms with Gasteiger partial charge in [-0.2, -0.15) is 0 Å². The van der Waals surface area contributed by atoms with E-state index < -0.39 is 10.7 Å². The van der Waals surface area contributed by atoms with Gasteiger partial charge >= 0.3 is 5.97 Å². The zero-order valence-corrected chi connectivity index (χ0v) is 24.4. The van der Waals surface area contributed by atoms with E-state index in [0.717, 1.165) is 38.3 Å². The molecule has 0 saturated carbocycles. The number of rotatable bonds is 11. The maximum atomic E-state index is 11.5. The first-order chi connectivity index (χ1) is 17.2. The minimum Gasteiger partial charge on any atom is -0.480 e. The van der Waals surface area contributed by atoms with Gasteiger partial charge in [-0.05, 0) is 32.8 Å². The first-order valence-electron chi connectivity index (χ1n) is 11.7. The Morgan fingerprint density at radius 2 is 1.84 bits per heavy atom. The van der Waals surface area contributed by atoms with Crippen LogP contribution in [-0.4, -0.2) is 42.3 Å². The molecule has 1 N–H and O–H groups in total. The molecular formula is C26H30ClN5O2S3. The van der Waals surface area contributed by atoms with E-state index in [4.69, 9.17) is 4.98 Å². The van der Waals surface area contributed by atoms with Crippen LogP contribution in [0, 0.1) is 6.92 Å². The number of aromatic nitrogens is 4. The summed E-state index contributed by atoms with van der Waals surface area (Å²) in [5.41, 5.74) is 4.15. The SMILES string of the molecule is CCc1cnc(N(CCc2csc(SC(C)(C)C(=O)O)n2)Cc2nc(-c3ccccc3)sc2C)nc1.Cl. The van der Waals surface area contributed by atoms with Crippen molar-refractivity contribution in [1.82, 2.24) is 19.9 Å². The molecule has 0 bridgehead atoms. The number of carbonyl (C=O) groups is 1. The van der Waals surface area contributed by atoms with Gasteiger partial charge in [0.15, 0.2) is 4.34 Å². The van der Waals surface area contributed by atoms with Crippen LogP contribution in [0.1, 0.15) is 42.6 Å². The van der Waals surface area contributed by atoms with Gasteiger partial charge < -0.3 is 10.0 Å². The number of aliphatic carboxylic acids is 1. The summed E-state index contributed by atoms with van der Waals surface area (Å²) in [4.78, 5) is 33.7. The van der Waals surface area contributed by atoms with Gasteiger partial charge in [-0.15, -0.1) is 35.1 Å². The molecule has 0 radical (unpaired) electrons. The summed E-state index contributed by atoms with van der Waals surface area (Å²) in [6.07, 6.45) is 5.34. The molecule has 7 nitrogen and oxygen atoms in total. The van der Waals surface area contributed by atoms with Crippen molar-refractivity contribution in [1.29, 1.82) is 0 Å². The monoisotopic (exact) mass is 575 g/mol. The second kappa shape index (κ2) is 12.8. The fourth-order valence-electron chi connectivity index (χ4n) is 3.36. The van der Waals surface area contributed by atoms with Crippen molar-refractivity contribution in [3.8, 4) is 10.6 Å². The Bertz CT molecular complexity index is 1310. The molecule has 0 saturated heterocycles. The van der Waals surface area contributed by atoms with Gasteiger partial charge in [-0.1, -0.05) is 49.0 Å². The molecule has 11 heteroatoms. The number of aryl methyl sites for hydroxylation is 2. The van der Waals surface area contributed by atoms with Gasteiger partial charge in [0.2, 0.25) is 5.95 Å². The molecule has 0 aliphatic heterocycles. The molecule has 0 aliphatic rings. The standard InChI is InChI=1S/C26H29N5O2S3.ClH/c1-5-18-13-27-24(28-14-18)31(12-11-20-16-34-25(29-20)36-26(3,4)23(32)33)15-21-17(2)35-22(30-21)19-9-7-6-8-10-19;/h6-10,13-14,16H,5,11-12,15H2,1-4H3,(H,32,33);1H. The Morgan fingerprint density at radius 3 is 2.49 bits per heavy atom. The van der Waals surface area contributed by atoms with Crippen molar-refractivity contribution < 1.29 is 9.90 Å². The number of benzene rings is 1. The quantitative estimate of drug-likeness (QED) is 0.201. The normalized spacial score (nSPS) is 11.2. The molecule has 1 aromatic carbocycles. The second-order valence-electron chi connectivity index (χ2n) is 8.83. The number of nitrogens with zero attached hydrogens (tertiary/aromatic N) is 5. The number of carboxylic acid groups (broad SMARTS) is 1. The van der Waals surface area contributed by atoms with Gasteiger partial charge in [-0.3, -0.25) is 4.79 Å². The van der Waals surface area contributed by atoms with Gasteiger partial charge in [0.25, 0.3) is 0 Å². The predicted molar refractivity (Wildman–Crippen MR) is 155 cm³/mol. The van der Waals surface area contributed by atoms with Crippen molar-refractivity contribution >= 4 is 58.8 Å². The van der Waals surface area contributed by atoms with Crippen molar-refractivity contribution in [2.75, 3.05) is 11.4 Å². The number of carboxylic acids is 1. The maximum Gasteiger partial charge on any atom is 0.319 e. The first-order valence-corrected chi connectivity index (χ1v) is 14.2. The molecule has 3 aromatic heterocycles. The van der Waals surface area contributed by atoms with Crippen LogP contribution in [-0.2, 0) is 24.2 Å². The Morgan fingerprint density at radius 1 is 1.14 bits per heavy atom. The van der Waals surface area contributed by atoms with Crippen LogP contribution in [0.5, 0.6) is 0 Å². The molecule has 0 unspecified atom stereocenters. The predicted octanol–water partition coefficient (Wildman–Crippen LogP) is 6.55. The number of anilines is 1. The van der Waals surface area contributed by atoms with Crippen molar-refractivity contribution in [2.45, 2.75) is 56.2 Å². The Hall–Kier alpha value is -2.53. The number of thioether (sulfide) groups is 1. The van der Waals surface area contributed by atoms with Crippen LogP contribution >= 0.6 is 46.8 Å². The van der Waals surface area contributed by atoms with Crippen molar-refractivity contribution in [3.05, 3.63) is 69.9 Å². The van der Waals surface area contributed by atoms with E-state index in [2.05, 4.69) is 45.8 Å². The van der Waals surface area contributed by atoms with E-state index in [-0.39, 0.29) is 12.4 Å². The number of halogens is 1. The van der Waals surface area contributed by atoms with E-state index >= 15 is 0 Å². The molecule has 196 valence electrons. The van der Waals surface area contributed by atoms with Crippen molar-refractivity contribution in [2.24, 2.45) is 0 Å². The third kappa shape index (κ3) is 7.50. The molecule has 0 fully saturated rings. The van der Waals surface area contributed by atoms with Gasteiger partial charge in [-0.25, -0.2) is 19.9 Å². The van der Waals surface area contributed by atoms with Crippen LogP contribution < -0.4 is 4.90 Å². The molecule has 4 rings (SSSR count). The summed E-state index contributed by atoms with van der Waals surface area (Å²) in [5, 5.41) is 12.4. The summed E-state index contributed by atoms with van der Waals surface area (Å²) in [6.45, 7) is 8.84. The van der Waals surface area contributed by atoms with Gasteiger partial charge in [0.1, 0.15) is 9.75 Å². The highest BCUT2D eigenvalue weighted by Crippen LogP contribution is 2.35. The van der Waals surface area contributed by atoms with Gasteiger partial charge in [0, 0.05) is 41.2 Å². The van der Waals surface area contributed by atoms with E-state index in [1.54, 1.807) is 25.2 Å². The zero-order valence-electron chi connectivity index (χ0n) is 21.2. The van der Waals surface area contributed by atoms with Crippen LogP contribution in [0.3, 0.4) is 0 Å². The lowest BCUT2D eigenvalue weighted by molar-refractivity contribution is -0.138. The summed E-state index contributed by atoms with van der Waals surface area (Å²) in [5.74, 6) is -0.186. The minimum atomic E-state index is -0.922. The summed E-state index contributed by atoms with van der Waals surface area (Å²) in [6, 6.07) is 10.2. The maximum absolute atomic E-state index is 11.5. The average Bonchev–Trinajstić information content (AvgIpc) is 3.47. The minimum absolute atomic E-state index is 0. The molecule has 0 amide bonds. The topological polar surface area (TPSA) is 92.1 Å². The number of thiazole rings is 2. The summed E-state index contributed by atoms with van der Waals surface area (Å²) in [7, 11) is 0. The largest absolute Gasteiger partial charge is 0.480 e. The summed E-state index contributed by atoms with van der Waals surface area (Å²) < 4.78 is -0.162. The molecule has 4 aromatic rings. The van der Waals surface area contributed by atoms with E-state index in [1.165, 1.54) is 28.0 Å². The third-order valence-corrected chi connectivity index (χ3v) is 8.90. The smallest absolute Gasteiger partial charge is 0.319 e. The number of hydrogen-bond donors (Lipinski definition) is 1. The van der Waals surface area contributed by atoms with Gasteiger partial charge in [0.05, 0.1) is 17.9 Å².